The van der Waals surface area contributed by atoms with Crippen LogP contribution in [0.4, 0.5) is 0 Å². The van der Waals surface area contributed by atoms with Crippen LogP contribution in [-0.2, 0) is 14.8 Å². The first-order valence-electron chi connectivity index (χ1n) is 6.23. The lowest BCUT2D eigenvalue weighted by Gasteiger charge is -2.14. The van der Waals surface area contributed by atoms with Crippen molar-refractivity contribution < 1.29 is 17.9 Å². The highest BCUT2D eigenvalue weighted by molar-refractivity contribution is 7.88. The average molecular weight is 300 g/mol. The Balaban J connectivity index is 2.34. The first-order valence-corrected chi connectivity index (χ1v) is 8.13. The minimum atomic E-state index is -3.23. The van der Waals surface area contributed by atoms with E-state index in [1.54, 1.807) is 19.1 Å². The Labute approximate surface area is 119 Å². The molecule has 0 spiro atoms. The average Bonchev–Trinajstić information content (AvgIpc) is 2.36. The minimum absolute atomic E-state index is 0.155. The highest BCUT2D eigenvalue weighted by atomic mass is 32.2. The van der Waals surface area contributed by atoms with Gasteiger partial charge in [-0.25, -0.2) is 13.1 Å². The van der Waals surface area contributed by atoms with Gasteiger partial charge in [0.1, 0.15) is 5.75 Å². The van der Waals surface area contributed by atoms with Gasteiger partial charge in [-0.15, -0.1) is 0 Å². The van der Waals surface area contributed by atoms with Crippen LogP contribution >= 0.6 is 0 Å². The molecule has 112 valence electrons. The maximum Gasteiger partial charge on any atom is 0.260 e. The number of carbonyl (C=O) groups is 1. The summed E-state index contributed by atoms with van der Waals surface area (Å²) in [5.74, 6) is 0.327. The van der Waals surface area contributed by atoms with Gasteiger partial charge in [-0.2, -0.15) is 0 Å². The molecule has 0 aliphatic heterocycles. The van der Waals surface area contributed by atoms with Crippen LogP contribution in [0.1, 0.15) is 12.5 Å². The summed E-state index contributed by atoms with van der Waals surface area (Å²) in [6.07, 6.45) is 0.425. The zero-order valence-corrected chi connectivity index (χ0v) is 12.7. The molecule has 6 nitrogen and oxygen atoms in total. The second kappa shape index (κ2) is 7.25. The quantitative estimate of drug-likeness (QED) is 0.715. The first kappa shape index (κ1) is 16.5. The molecule has 0 aromatic heterocycles. The van der Waals surface area contributed by atoms with Crippen molar-refractivity contribution in [1.29, 1.82) is 0 Å². The lowest BCUT2D eigenvalue weighted by atomic mass is 10.2. The van der Waals surface area contributed by atoms with Crippen LogP contribution < -0.4 is 14.8 Å². The van der Waals surface area contributed by atoms with Gasteiger partial charge in [0.25, 0.3) is 5.91 Å². The summed E-state index contributed by atoms with van der Waals surface area (Å²) in [4.78, 5) is 11.7. The molecule has 2 N–H and O–H groups in total. The molecular formula is C13H20N2O4S. The monoisotopic (exact) mass is 300 g/mol. The summed E-state index contributed by atoms with van der Waals surface area (Å²) in [6.45, 7) is 3.98. The number of rotatable bonds is 7. The summed E-state index contributed by atoms with van der Waals surface area (Å²) < 4.78 is 29.4. The molecule has 0 heterocycles. The van der Waals surface area contributed by atoms with E-state index < -0.39 is 16.1 Å². The van der Waals surface area contributed by atoms with Crippen molar-refractivity contribution in [3.8, 4) is 5.75 Å². The molecule has 1 atom stereocenters. The standard InChI is InChI=1S/C13H20N2O4S/c1-10-4-6-12(7-5-10)19-11(2)13(16)14-8-9-15-20(3,17)18/h4-7,11,15H,8-9H2,1-3H3,(H,14,16)/t11-/m0/s1. The third-order valence-corrected chi connectivity index (χ3v) is 3.22. The van der Waals surface area contributed by atoms with Gasteiger partial charge in [0, 0.05) is 13.1 Å². The Morgan fingerprint density at radius 2 is 1.85 bits per heavy atom. The van der Waals surface area contributed by atoms with E-state index in [1.807, 2.05) is 19.1 Å². The van der Waals surface area contributed by atoms with Gasteiger partial charge in [-0.05, 0) is 26.0 Å². The molecule has 0 saturated heterocycles. The van der Waals surface area contributed by atoms with Crippen LogP contribution in [0.5, 0.6) is 5.75 Å². The van der Waals surface area contributed by atoms with Crippen molar-refractivity contribution in [3.63, 3.8) is 0 Å². The van der Waals surface area contributed by atoms with Gasteiger partial charge in [0.2, 0.25) is 10.0 Å². The molecule has 1 amide bonds. The van der Waals surface area contributed by atoms with E-state index in [0.29, 0.717) is 5.75 Å². The Kier molecular flexibility index (Phi) is 5.97. The van der Waals surface area contributed by atoms with E-state index in [9.17, 15) is 13.2 Å². The predicted octanol–water partition coefficient (Wildman–Crippen LogP) is 0.428. The van der Waals surface area contributed by atoms with Crippen molar-refractivity contribution >= 4 is 15.9 Å². The summed E-state index contributed by atoms with van der Waals surface area (Å²) in [5.41, 5.74) is 1.11. The fourth-order valence-corrected chi connectivity index (χ4v) is 1.91. The molecule has 0 bridgehead atoms. The minimum Gasteiger partial charge on any atom is -0.481 e. The number of ether oxygens (including phenoxy) is 1. The SMILES string of the molecule is Cc1ccc(O[C@@H](C)C(=O)NCCNS(C)(=O)=O)cc1. The zero-order chi connectivity index (χ0) is 15.2. The summed E-state index contributed by atoms with van der Waals surface area (Å²) >= 11 is 0. The maximum atomic E-state index is 11.7. The number of sulfonamides is 1. The van der Waals surface area contributed by atoms with E-state index in [-0.39, 0.29) is 19.0 Å². The largest absolute Gasteiger partial charge is 0.481 e. The fraction of sp³-hybridized carbons (Fsp3) is 0.462. The van der Waals surface area contributed by atoms with E-state index in [4.69, 9.17) is 4.74 Å². The maximum absolute atomic E-state index is 11.7. The van der Waals surface area contributed by atoms with Crippen LogP contribution in [0.25, 0.3) is 0 Å². The molecule has 0 saturated carbocycles. The smallest absolute Gasteiger partial charge is 0.260 e. The van der Waals surface area contributed by atoms with Gasteiger partial charge >= 0.3 is 0 Å². The van der Waals surface area contributed by atoms with Crippen LogP contribution in [-0.4, -0.2) is 39.8 Å². The van der Waals surface area contributed by atoms with Gasteiger partial charge in [0.15, 0.2) is 6.10 Å². The van der Waals surface area contributed by atoms with Crippen molar-refractivity contribution in [1.82, 2.24) is 10.0 Å². The zero-order valence-electron chi connectivity index (χ0n) is 11.8. The van der Waals surface area contributed by atoms with Crippen molar-refractivity contribution in [2.24, 2.45) is 0 Å². The predicted molar refractivity (Wildman–Crippen MR) is 77.1 cm³/mol. The number of aryl methyl sites for hydroxylation is 1. The van der Waals surface area contributed by atoms with Gasteiger partial charge in [-0.1, -0.05) is 17.7 Å². The molecule has 0 radical (unpaired) electrons. The van der Waals surface area contributed by atoms with E-state index in [0.717, 1.165) is 11.8 Å². The number of amides is 1. The molecule has 1 aromatic rings. The number of benzene rings is 1. The molecule has 1 aromatic carbocycles. The van der Waals surface area contributed by atoms with Gasteiger partial charge < -0.3 is 10.1 Å². The van der Waals surface area contributed by atoms with Crippen molar-refractivity contribution in [2.45, 2.75) is 20.0 Å². The van der Waals surface area contributed by atoms with Crippen molar-refractivity contribution in [3.05, 3.63) is 29.8 Å². The van der Waals surface area contributed by atoms with Crippen LogP contribution in [0.3, 0.4) is 0 Å². The van der Waals surface area contributed by atoms with Crippen LogP contribution in [0.2, 0.25) is 0 Å². The molecule has 20 heavy (non-hydrogen) atoms. The molecule has 0 aliphatic carbocycles. The second-order valence-corrected chi connectivity index (χ2v) is 6.36. The molecule has 0 aliphatic rings. The summed E-state index contributed by atoms with van der Waals surface area (Å²) in [6, 6.07) is 7.39. The third-order valence-electron chi connectivity index (χ3n) is 2.49. The lowest BCUT2D eigenvalue weighted by Crippen LogP contribution is -2.40. The Bertz CT molecular complexity index is 540. The topological polar surface area (TPSA) is 84.5 Å². The lowest BCUT2D eigenvalue weighted by molar-refractivity contribution is -0.127. The Morgan fingerprint density at radius 3 is 2.40 bits per heavy atom. The Hall–Kier alpha value is -1.60. The normalized spacial score (nSPS) is 12.8. The molecule has 0 fully saturated rings. The van der Waals surface area contributed by atoms with Crippen molar-refractivity contribution in [2.75, 3.05) is 19.3 Å². The van der Waals surface area contributed by atoms with Gasteiger partial charge in [-0.3, -0.25) is 4.79 Å². The third kappa shape index (κ3) is 6.53. The Morgan fingerprint density at radius 1 is 1.25 bits per heavy atom. The molecule has 0 unspecified atom stereocenters. The summed E-state index contributed by atoms with van der Waals surface area (Å²) in [7, 11) is -3.23. The van der Waals surface area contributed by atoms with E-state index in [2.05, 4.69) is 10.0 Å². The number of hydrogen-bond acceptors (Lipinski definition) is 4. The first-order chi connectivity index (χ1) is 9.28. The number of hydrogen-bond donors (Lipinski definition) is 2. The highest BCUT2D eigenvalue weighted by Crippen LogP contribution is 2.13. The van der Waals surface area contributed by atoms with Crippen LogP contribution in [0, 0.1) is 6.92 Å². The van der Waals surface area contributed by atoms with E-state index >= 15 is 0 Å². The van der Waals surface area contributed by atoms with Crippen LogP contribution in [0.15, 0.2) is 24.3 Å². The summed E-state index contributed by atoms with van der Waals surface area (Å²) in [5, 5.41) is 2.60. The van der Waals surface area contributed by atoms with E-state index in [1.165, 1.54) is 0 Å². The molecule has 7 heteroatoms. The fourth-order valence-electron chi connectivity index (χ4n) is 1.44. The second-order valence-electron chi connectivity index (χ2n) is 4.53. The highest BCUT2D eigenvalue weighted by Gasteiger charge is 2.14. The molecular weight excluding hydrogens is 280 g/mol. The number of nitrogens with one attached hydrogen (secondary N) is 2. The number of carbonyl (C=O) groups excluding carboxylic acids is 1. The van der Waals surface area contributed by atoms with Gasteiger partial charge in [0.05, 0.1) is 6.26 Å². The molecule has 1 rings (SSSR count).